The first-order chi connectivity index (χ1) is 30.6. The van der Waals surface area contributed by atoms with Crippen LogP contribution in [-0.2, 0) is 0 Å². The number of nitrogens with zero attached hydrogens (tertiary/aromatic N) is 2. The lowest BCUT2D eigenvalue weighted by Crippen LogP contribution is -2.11. The Morgan fingerprint density at radius 3 is 1.69 bits per heavy atom. The summed E-state index contributed by atoms with van der Waals surface area (Å²) in [5.41, 5.74) is 18.9. The molecule has 2 heteroatoms. The Balaban J connectivity index is 1.16. The van der Waals surface area contributed by atoms with Crippen molar-refractivity contribution in [3.8, 4) is 50.2 Å². The van der Waals surface area contributed by atoms with Gasteiger partial charge in [0.15, 0.2) is 0 Å². The van der Waals surface area contributed by atoms with Gasteiger partial charge in [0.05, 0.1) is 16.7 Å². The van der Waals surface area contributed by atoms with Gasteiger partial charge in [-0.05, 0) is 129 Å². The summed E-state index contributed by atoms with van der Waals surface area (Å²) < 4.78 is 2.44. The van der Waals surface area contributed by atoms with Crippen molar-refractivity contribution < 1.29 is 0 Å². The molecule has 0 radical (unpaired) electrons. The first-order valence-corrected chi connectivity index (χ1v) is 21.4. The number of benzene rings is 10. The number of para-hydroxylation sites is 1. The molecule has 2 nitrogen and oxygen atoms in total. The standard InChI is InChI=1S/C60H44N2/c1-41-37-42(2)59-54-35-33-51(40-57(54)62(58(59)38-41)49-24-13-6-14-25-49)61(56-36-30-45-21-15-16-26-53(45)60(56)47-22-11-5-12-23-47)50-31-27-46(28-32-50)55-39-48(43-17-7-3-8-18-43)29-34-52(55)44-19-9-4-10-20-44/h3-40H,1-2H3. The van der Waals surface area contributed by atoms with E-state index in [1.165, 1.54) is 82.6 Å². The van der Waals surface area contributed by atoms with Gasteiger partial charge in [0, 0.05) is 33.4 Å². The molecular formula is C60H44N2. The van der Waals surface area contributed by atoms with E-state index in [2.05, 4.69) is 254 Å². The predicted molar refractivity (Wildman–Crippen MR) is 264 cm³/mol. The zero-order valence-corrected chi connectivity index (χ0v) is 34.8. The van der Waals surface area contributed by atoms with Crippen LogP contribution in [0, 0.1) is 13.8 Å². The molecule has 0 atom stereocenters. The van der Waals surface area contributed by atoms with Crippen LogP contribution >= 0.6 is 0 Å². The minimum Gasteiger partial charge on any atom is -0.310 e. The summed E-state index contributed by atoms with van der Waals surface area (Å²) >= 11 is 0. The van der Waals surface area contributed by atoms with Crippen LogP contribution in [0.2, 0.25) is 0 Å². The van der Waals surface area contributed by atoms with Gasteiger partial charge in [-0.15, -0.1) is 0 Å². The molecule has 1 aromatic heterocycles. The van der Waals surface area contributed by atoms with Crippen molar-refractivity contribution >= 4 is 49.6 Å². The van der Waals surface area contributed by atoms with Crippen LogP contribution in [0.15, 0.2) is 231 Å². The Morgan fingerprint density at radius 2 is 0.968 bits per heavy atom. The molecule has 0 aliphatic rings. The molecule has 0 amide bonds. The second-order valence-corrected chi connectivity index (χ2v) is 16.3. The van der Waals surface area contributed by atoms with E-state index < -0.39 is 0 Å². The molecule has 0 N–H and O–H groups in total. The normalized spacial score (nSPS) is 11.4. The van der Waals surface area contributed by atoms with Gasteiger partial charge in [-0.3, -0.25) is 0 Å². The minimum atomic E-state index is 1.08. The lowest BCUT2D eigenvalue weighted by Gasteiger charge is -2.29. The average molecular weight is 793 g/mol. The van der Waals surface area contributed by atoms with Crippen molar-refractivity contribution in [2.75, 3.05) is 4.90 Å². The molecule has 1 heterocycles. The van der Waals surface area contributed by atoms with Gasteiger partial charge >= 0.3 is 0 Å². The zero-order valence-electron chi connectivity index (χ0n) is 34.8. The lowest BCUT2D eigenvalue weighted by molar-refractivity contribution is 1.17. The number of hydrogen-bond donors (Lipinski definition) is 0. The highest BCUT2D eigenvalue weighted by Gasteiger charge is 2.23. The topological polar surface area (TPSA) is 8.17 Å². The number of hydrogen-bond acceptors (Lipinski definition) is 1. The number of fused-ring (bicyclic) bond motifs is 4. The van der Waals surface area contributed by atoms with Crippen LogP contribution in [-0.4, -0.2) is 4.57 Å². The summed E-state index contributed by atoms with van der Waals surface area (Å²) in [6.45, 7) is 4.44. The van der Waals surface area contributed by atoms with Crippen LogP contribution in [0.4, 0.5) is 17.1 Å². The van der Waals surface area contributed by atoms with Gasteiger partial charge in [0.2, 0.25) is 0 Å². The maximum atomic E-state index is 2.46. The molecule has 0 spiro atoms. The quantitative estimate of drug-likeness (QED) is 0.149. The van der Waals surface area contributed by atoms with E-state index in [-0.39, 0.29) is 0 Å². The highest BCUT2D eigenvalue weighted by molar-refractivity contribution is 6.13. The Bertz CT molecular complexity index is 3390. The number of rotatable bonds is 8. The van der Waals surface area contributed by atoms with E-state index in [1.807, 2.05) is 0 Å². The van der Waals surface area contributed by atoms with Gasteiger partial charge in [-0.1, -0.05) is 176 Å². The van der Waals surface area contributed by atoms with Crippen molar-refractivity contribution in [1.29, 1.82) is 0 Å². The van der Waals surface area contributed by atoms with Crippen molar-refractivity contribution in [3.63, 3.8) is 0 Å². The van der Waals surface area contributed by atoms with Gasteiger partial charge in [-0.25, -0.2) is 0 Å². The summed E-state index contributed by atoms with van der Waals surface area (Å²) in [5, 5.41) is 4.96. The minimum absolute atomic E-state index is 1.08. The highest BCUT2D eigenvalue weighted by Crippen LogP contribution is 2.47. The molecule has 0 aliphatic carbocycles. The molecule has 0 saturated heterocycles. The fourth-order valence-electron chi connectivity index (χ4n) is 9.55. The number of aromatic nitrogens is 1. The third-order valence-electron chi connectivity index (χ3n) is 12.3. The van der Waals surface area contributed by atoms with E-state index >= 15 is 0 Å². The molecule has 0 bridgehead atoms. The monoisotopic (exact) mass is 792 g/mol. The number of aryl methyl sites for hydroxylation is 2. The molecule has 0 saturated carbocycles. The van der Waals surface area contributed by atoms with Gasteiger partial charge in [-0.2, -0.15) is 0 Å². The summed E-state index contributed by atoms with van der Waals surface area (Å²) in [6.07, 6.45) is 0. The average Bonchev–Trinajstić information content (AvgIpc) is 3.66. The number of anilines is 3. The van der Waals surface area contributed by atoms with E-state index in [9.17, 15) is 0 Å². The predicted octanol–water partition coefficient (Wildman–Crippen LogP) is 16.7. The molecule has 62 heavy (non-hydrogen) atoms. The third-order valence-corrected chi connectivity index (χ3v) is 12.3. The SMILES string of the molecule is Cc1cc(C)c2c3ccc(N(c4ccc(-c5cc(-c6ccccc6)ccc5-c5ccccc5)cc4)c4ccc5ccccc5c4-c4ccccc4)cc3n(-c3ccccc3)c2c1. The summed E-state index contributed by atoms with van der Waals surface area (Å²) in [6, 6.07) is 84.1. The third kappa shape index (κ3) is 6.54. The van der Waals surface area contributed by atoms with Crippen LogP contribution < -0.4 is 4.90 Å². The molecular weight excluding hydrogens is 749 g/mol. The van der Waals surface area contributed by atoms with Crippen molar-refractivity contribution in [2.24, 2.45) is 0 Å². The van der Waals surface area contributed by atoms with Crippen LogP contribution in [0.3, 0.4) is 0 Å². The Morgan fingerprint density at radius 1 is 0.371 bits per heavy atom. The highest BCUT2D eigenvalue weighted by atomic mass is 15.1. The van der Waals surface area contributed by atoms with E-state index in [0.717, 1.165) is 28.3 Å². The largest absolute Gasteiger partial charge is 0.310 e. The van der Waals surface area contributed by atoms with E-state index in [0.29, 0.717) is 0 Å². The van der Waals surface area contributed by atoms with Crippen LogP contribution in [0.5, 0.6) is 0 Å². The molecule has 0 aliphatic heterocycles. The molecule has 11 rings (SSSR count). The van der Waals surface area contributed by atoms with Gasteiger partial charge in [0.25, 0.3) is 0 Å². The smallest absolute Gasteiger partial charge is 0.0562 e. The first kappa shape index (κ1) is 37.1. The summed E-state index contributed by atoms with van der Waals surface area (Å²) in [7, 11) is 0. The Kier molecular flexibility index (Phi) is 9.32. The molecule has 11 aromatic rings. The van der Waals surface area contributed by atoms with Crippen molar-refractivity contribution in [3.05, 3.63) is 242 Å². The molecule has 0 unspecified atom stereocenters. The van der Waals surface area contributed by atoms with Gasteiger partial charge in [0.1, 0.15) is 0 Å². The van der Waals surface area contributed by atoms with E-state index in [1.54, 1.807) is 0 Å². The molecule has 10 aromatic carbocycles. The maximum Gasteiger partial charge on any atom is 0.0562 e. The van der Waals surface area contributed by atoms with E-state index in [4.69, 9.17) is 0 Å². The fourth-order valence-corrected chi connectivity index (χ4v) is 9.55. The summed E-state index contributed by atoms with van der Waals surface area (Å²) in [4.78, 5) is 2.46. The van der Waals surface area contributed by atoms with Crippen LogP contribution in [0.25, 0.3) is 82.8 Å². The van der Waals surface area contributed by atoms with Crippen LogP contribution in [0.1, 0.15) is 11.1 Å². The Labute approximate surface area is 363 Å². The fraction of sp³-hybridized carbons (Fsp3) is 0.0333. The first-order valence-electron chi connectivity index (χ1n) is 21.4. The zero-order chi connectivity index (χ0) is 41.6. The van der Waals surface area contributed by atoms with Crippen molar-refractivity contribution in [2.45, 2.75) is 13.8 Å². The maximum absolute atomic E-state index is 2.46. The van der Waals surface area contributed by atoms with Crippen molar-refractivity contribution in [1.82, 2.24) is 4.57 Å². The van der Waals surface area contributed by atoms with Gasteiger partial charge < -0.3 is 9.47 Å². The summed E-state index contributed by atoms with van der Waals surface area (Å²) in [5.74, 6) is 0. The molecule has 294 valence electrons. The lowest BCUT2D eigenvalue weighted by atomic mass is 9.91. The molecule has 0 fully saturated rings. The second kappa shape index (κ2) is 15.6. The Hall–Kier alpha value is -7.94. The second-order valence-electron chi connectivity index (χ2n) is 16.3.